The van der Waals surface area contributed by atoms with Gasteiger partial charge in [-0.05, 0) is 54.8 Å². The molecule has 122 valence electrons. The predicted molar refractivity (Wildman–Crippen MR) is 96.2 cm³/mol. The van der Waals surface area contributed by atoms with Gasteiger partial charge in [-0.1, -0.05) is 11.6 Å². The van der Waals surface area contributed by atoms with Gasteiger partial charge in [0.15, 0.2) is 0 Å². The zero-order valence-electron chi connectivity index (χ0n) is 13.0. The highest BCUT2D eigenvalue weighted by Crippen LogP contribution is 2.28. The highest BCUT2D eigenvalue weighted by Gasteiger charge is 2.16. The predicted octanol–water partition coefficient (Wildman–Crippen LogP) is 3.77. The zero-order valence-corrected chi connectivity index (χ0v) is 13.8. The van der Waals surface area contributed by atoms with Crippen LogP contribution < -0.4 is 15.4 Å². The van der Waals surface area contributed by atoms with E-state index in [1.54, 1.807) is 18.5 Å². The molecule has 1 aliphatic rings. The number of hydrogen-bond donors (Lipinski definition) is 2. The van der Waals surface area contributed by atoms with E-state index in [0.29, 0.717) is 5.15 Å². The maximum absolute atomic E-state index is 6.03. The van der Waals surface area contributed by atoms with Crippen molar-refractivity contribution in [1.82, 2.24) is 15.3 Å². The standard InChI is InChI=1S/C18H17ClN4O/c19-17-4-1-13(10-22-17)23-18-16-3-2-14(9-12(16)5-8-21-18)24-15-6-7-20-11-15/h1-5,8-10,15,20H,6-7,11H2,(H,21,23). The van der Waals surface area contributed by atoms with E-state index in [9.17, 15) is 0 Å². The Balaban J connectivity index is 1.60. The minimum Gasteiger partial charge on any atom is -0.489 e. The van der Waals surface area contributed by atoms with E-state index >= 15 is 0 Å². The topological polar surface area (TPSA) is 59.1 Å². The smallest absolute Gasteiger partial charge is 0.138 e. The van der Waals surface area contributed by atoms with Crippen molar-refractivity contribution in [1.29, 1.82) is 0 Å². The lowest BCUT2D eigenvalue weighted by Gasteiger charge is -2.14. The van der Waals surface area contributed by atoms with E-state index in [1.165, 1.54) is 0 Å². The van der Waals surface area contributed by atoms with Crippen molar-refractivity contribution < 1.29 is 4.74 Å². The van der Waals surface area contributed by atoms with Crippen LogP contribution in [0.4, 0.5) is 11.5 Å². The van der Waals surface area contributed by atoms with E-state index in [2.05, 4.69) is 26.7 Å². The number of nitrogens with one attached hydrogen (secondary N) is 2. The molecule has 3 aromatic rings. The fourth-order valence-electron chi connectivity index (χ4n) is 2.84. The third-order valence-corrected chi connectivity index (χ3v) is 4.27. The van der Waals surface area contributed by atoms with Crippen molar-refractivity contribution >= 4 is 33.9 Å². The summed E-state index contributed by atoms with van der Waals surface area (Å²) in [5, 5.41) is 9.17. The first-order valence-corrected chi connectivity index (χ1v) is 8.30. The number of halogens is 1. The number of ether oxygens (including phenoxy) is 1. The van der Waals surface area contributed by atoms with Gasteiger partial charge in [-0.25, -0.2) is 9.97 Å². The maximum atomic E-state index is 6.03. The highest BCUT2D eigenvalue weighted by atomic mass is 35.5. The molecule has 1 aromatic carbocycles. The first-order valence-electron chi connectivity index (χ1n) is 7.93. The van der Waals surface area contributed by atoms with E-state index in [1.807, 2.05) is 24.3 Å². The minimum absolute atomic E-state index is 0.252. The first-order chi connectivity index (χ1) is 11.8. The molecule has 0 radical (unpaired) electrons. The Morgan fingerprint density at radius 2 is 2.12 bits per heavy atom. The molecule has 5 nitrogen and oxygen atoms in total. The van der Waals surface area contributed by atoms with E-state index in [4.69, 9.17) is 16.3 Å². The number of anilines is 2. The van der Waals surface area contributed by atoms with Gasteiger partial charge in [0, 0.05) is 18.1 Å². The van der Waals surface area contributed by atoms with E-state index < -0.39 is 0 Å². The molecule has 1 atom stereocenters. The summed E-state index contributed by atoms with van der Waals surface area (Å²) >= 11 is 5.82. The summed E-state index contributed by atoms with van der Waals surface area (Å²) in [7, 11) is 0. The number of benzene rings is 1. The van der Waals surface area contributed by atoms with Gasteiger partial charge in [0.2, 0.25) is 0 Å². The summed E-state index contributed by atoms with van der Waals surface area (Å²) in [6.45, 7) is 1.93. The molecule has 0 amide bonds. The Kier molecular flexibility index (Phi) is 4.19. The van der Waals surface area contributed by atoms with Crippen LogP contribution in [0.5, 0.6) is 5.75 Å². The lowest BCUT2D eigenvalue weighted by atomic mass is 10.1. The fourth-order valence-corrected chi connectivity index (χ4v) is 2.95. The largest absolute Gasteiger partial charge is 0.489 e. The Bertz CT molecular complexity index is 847. The van der Waals surface area contributed by atoms with Crippen molar-refractivity contribution in [2.45, 2.75) is 12.5 Å². The first kappa shape index (κ1) is 15.2. The van der Waals surface area contributed by atoms with Gasteiger partial charge in [0.25, 0.3) is 0 Å². The molecule has 4 rings (SSSR count). The molecule has 0 bridgehead atoms. The number of fused-ring (bicyclic) bond motifs is 1. The van der Waals surface area contributed by atoms with Crippen LogP contribution in [0, 0.1) is 0 Å². The van der Waals surface area contributed by atoms with Crippen molar-refractivity contribution in [3.8, 4) is 5.75 Å². The molecule has 1 saturated heterocycles. The second-order valence-corrected chi connectivity index (χ2v) is 6.16. The fraction of sp³-hybridized carbons (Fsp3) is 0.222. The van der Waals surface area contributed by atoms with E-state index in [0.717, 1.165) is 47.5 Å². The van der Waals surface area contributed by atoms with Crippen LogP contribution in [-0.2, 0) is 0 Å². The number of pyridine rings is 2. The second kappa shape index (κ2) is 6.63. The lowest BCUT2D eigenvalue weighted by Crippen LogP contribution is -2.19. The van der Waals surface area contributed by atoms with Gasteiger partial charge >= 0.3 is 0 Å². The lowest BCUT2D eigenvalue weighted by molar-refractivity contribution is 0.223. The molecule has 24 heavy (non-hydrogen) atoms. The molecule has 0 saturated carbocycles. The zero-order chi connectivity index (χ0) is 16.4. The van der Waals surface area contributed by atoms with Crippen LogP contribution in [0.2, 0.25) is 5.15 Å². The Labute approximate surface area is 145 Å². The van der Waals surface area contributed by atoms with Gasteiger partial charge in [0.05, 0.1) is 11.9 Å². The van der Waals surface area contributed by atoms with Crippen LogP contribution >= 0.6 is 11.6 Å². The quantitative estimate of drug-likeness (QED) is 0.708. The number of hydrogen-bond acceptors (Lipinski definition) is 5. The molecule has 1 unspecified atom stereocenters. The van der Waals surface area contributed by atoms with Gasteiger partial charge in [0.1, 0.15) is 22.8 Å². The molecule has 2 aromatic heterocycles. The van der Waals surface area contributed by atoms with Crippen LogP contribution in [0.15, 0.2) is 48.8 Å². The summed E-state index contributed by atoms with van der Waals surface area (Å²) in [6.07, 6.45) is 4.77. The summed E-state index contributed by atoms with van der Waals surface area (Å²) in [4.78, 5) is 8.51. The van der Waals surface area contributed by atoms with Crippen LogP contribution in [0.3, 0.4) is 0 Å². The number of rotatable bonds is 4. The monoisotopic (exact) mass is 340 g/mol. The average molecular weight is 341 g/mol. The van der Waals surface area contributed by atoms with Gasteiger partial charge in [-0.2, -0.15) is 0 Å². The molecule has 0 aliphatic carbocycles. The van der Waals surface area contributed by atoms with Crippen molar-refractivity contribution in [2.75, 3.05) is 18.4 Å². The van der Waals surface area contributed by atoms with Crippen molar-refractivity contribution in [2.24, 2.45) is 0 Å². The third-order valence-electron chi connectivity index (χ3n) is 4.04. The van der Waals surface area contributed by atoms with Crippen LogP contribution in [0.1, 0.15) is 6.42 Å². The van der Waals surface area contributed by atoms with Gasteiger partial charge in [-0.15, -0.1) is 0 Å². The second-order valence-electron chi connectivity index (χ2n) is 5.77. The molecule has 2 N–H and O–H groups in total. The SMILES string of the molecule is Clc1ccc(Nc2nccc3cc(OC4CCNC4)ccc23)cn1. The van der Waals surface area contributed by atoms with Gasteiger partial charge < -0.3 is 15.4 Å². The molecular formula is C18H17ClN4O. The Morgan fingerprint density at radius 3 is 2.92 bits per heavy atom. The minimum atomic E-state index is 0.252. The molecule has 3 heterocycles. The summed E-state index contributed by atoms with van der Waals surface area (Å²) in [5.41, 5.74) is 0.844. The molecular weight excluding hydrogens is 324 g/mol. The molecule has 6 heteroatoms. The normalized spacial score (nSPS) is 17.1. The summed E-state index contributed by atoms with van der Waals surface area (Å²) in [5.74, 6) is 1.67. The van der Waals surface area contributed by atoms with Crippen molar-refractivity contribution in [3.05, 3.63) is 53.9 Å². The number of nitrogens with zero attached hydrogens (tertiary/aromatic N) is 2. The highest BCUT2D eigenvalue weighted by molar-refractivity contribution is 6.29. The maximum Gasteiger partial charge on any atom is 0.138 e. The third kappa shape index (κ3) is 3.27. The number of aromatic nitrogens is 2. The Hall–Kier alpha value is -2.37. The Morgan fingerprint density at radius 1 is 1.17 bits per heavy atom. The summed E-state index contributed by atoms with van der Waals surface area (Å²) < 4.78 is 6.03. The van der Waals surface area contributed by atoms with Crippen LogP contribution in [0.25, 0.3) is 10.8 Å². The average Bonchev–Trinajstić information content (AvgIpc) is 3.10. The molecule has 0 spiro atoms. The van der Waals surface area contributed by atoms with Crippen molar-refractivity contribution in [3.63, 3.8) is 0 Å². The van der Waals surface area contributed by atoms with E-state index in [-0.39, 0.29) is 6.10 Å². The molecule has 1 aliphatic heterocycles. The van der Waals surface area contributed by atoms with Gasteiger partial charge in [-0.3, -0.25) is 0 Å². The molecule has 1 fully saturated rings. The van der Waals surface area contributed by atoms with Crippen LogP contribution in [-0.4, -0.2) is 29.2 Å². The summed E-state index contributed by atoms with van der Waals surface area (Å²) in [6, 6.07) is 11.7.